The van der Waals surface area contributed by atoms with E-state index in [0.29, 0.717) is 5.95 Å². The molecule has 3 aromatic rings. The topological polar surface area (TPSA) is 63.8 Å². The molecule has 108 valence electrons. The molecule has 3 rings (SSSR count). The maximum absolute atomic E-state index is 5.49. The van der Waals surface area contributed by atoms with Crippen LogP contribution in [0.25, 0.3) is 10.2 Å². The van der Waals surface area contributed by atoms with Crippen LogP contribution in [-0.4, -0.2) is 9.97 Å². The lowest BCUT2D eigenvalue weighted by atomic mass is 10.2. The Bertz CT molecular complexity index is 782. The highest BCUT2D eigenvalue weighted by Crippen LogP contribution is 2.36. The Hall–Kier alpha value is -1.63. The lowest BCUT2D eigenvalue weighted by molar-refractivity contribution is 1.08. The molecule has 0 atom stereocenters. The molecule has 0 amide bonds. The summed E-state index contributed by atoms with van der Waals surface area (Å²) in [6.07, 6.45) is 1.00. The summed E-state index contributed by atoms with van der Waals surface area (Å²) in [5.74, 6) is 5.95. The third-order valence-electron chi connectivity index (χ3n) is 3.09. The molecule has 0 radical (unpaired) electrons. The molecular weight excluding hydrogens is 300 g/mol. The van der Waals surface area contributed by atoms with Gasteiger partial charge in [0.2, 0.25) is 5.95 Å². The SMILES string of the molecule is CCc1cc2c(Sc3cccc(C)c3)nc(NN)nc2s1. The van der Waals surface area contributed by atoms with Gasteiger partial charge in [-0.05, 0) is 31.5 Å². The van der Waals surface area contributed by atoms with Gasteiger partial charge in [-0.3, -0.25) is 5.43 Å². The molecule has 3 N–H and O–H groups in total. The molecule has 2 aromatic heterocycles. The average molecular weight is 316 g/mol. The van der Waals surface area contributed by atoms with E-state index in [2.05, 4.69) is 59.6 Å². The third-order valence-corrected chi connectivity index (χ3v) is 5.26. The number of anilines is 1. The van der Waals surface area contributed by atoms with E-state index in [9.17, 15) is 0 Å². The number of hydrogen-bond donors (Lipinski definition) is 2. The second-order valence-electron chi connectivity index (χ2n) is 4.70. The van der Waals surface area contributed by atoms with E-state index in [1.165, 1.54) is 15.3 Å². The minimum absolute atomic E-state index is 0.460. The van der Waals surface area contributed by atoms with Gasteiger partial charge in [0, 0.05) is 15.2 Å². The fourth-order valence-electron chi connectivity index (χ4n) is 2.05. The van der Waals surface area contributed by atoms with Gasteiger partial charge < -0.3 is 0 Å². The molecule has 0 bridgehead atoms. The summed E-state index contributed by atoms with van der Waals surface area (Å²) in [6.45, 7) is 4.24. The number of rotatable bonds is 4. The zero-order valence-electron chi connectivity index (χ0n) is 11.9. The number of benzene rings is 1. The van der Waals surface area contributed by atoms with Crippen molar-refractivity contribution in [3.05, 3.63) is 40.8 Å². The van der Waals surface area contributed by atoms with E-state index in [0.717, 1.165) is 21.7 Å². The predicted octanol–water partition coefficient (Wildman–Crippen LogP) is 4.00. The highest BCUT2D eigenvalue weighted by molar-refractivity contribution is 7.99. The number of aromatic nitrogens is 2. The number of nitrogens with zero attached hydrogens (tertiary/aromatic N) is 2. The number of hydrazine groups is 1. The summed E-state index contributed by atoms with van der Waals surface area (Å²) in [7, 11) is 0. The number of nitrogens with one attached hydrogen (secondary N) is 1. The number of fused-ring (bicyclic) bond motifs is 1. The summed E-state index contributed by atoms with van der Waals surface area (Å²) in [5, 5.41) is 2.04. The van der Waals surface area contributed by atoms with E-state index in [-0.39, 0.29) is 0 Å². The Morgan fingerprint density at radius 3 is 2.86 bits per heavy atom. The molecule has 0 spiro atoms. The standard InChI is InChI=1S/C15H16N4S2/c1-3-10-8-12-13(20-10)17-15(19-16)18-14(12)21-11-6-4-5-9(2)7-11/h4-8H,3,16H2,1-2H3,(H,17,18,19). The van der Waals surface area contributed by atoms with Crippen molar-refractivity contribution in [2.24, 2.45) is 5.84 Å². The lowest BCUT2D eigenvalue weighted by Gasteiger charge is -2.05. The zero-order valence-corrected chi connectivity index (χ0v) is 13.5. The molecule has 2 heterocycles. The minimum atomic E-state index is 0.460. The first-order chi connectivity index (χ1) is 10.2. The summed E-state index contributed by atoms with van der Waals surface area (Å²) in [4.78, 5) is 12.4. The third kappa shape index (κ3) is 3.02. The first-order valence-corrected chi connectivity index (χ1v) is 8.34. The largest absolute Gasteiger partial charge is 0.292 e. The highest BCUT2D eigenvalue weighted by atomic mass is 32.2. The van der Waals surface area contributed by atoms with Crippen LogP contribution in [0.3, 0.4) is 0 Å². The van der Waals surface area contributed by atoms with Gasteiger partial charge in [0.15, 0.2) is 0 Å². The van der Waals surface area contributed by atoms with E-state index in [1.807, 2.05) is 0 Å². The van der Waals surface area contributed by atoms with E-state index in [1.54, 1.807) is 23.1 Å². The van der Waals surface area contributed by atoms with Gasteiger partial charge in [-0.15, -0.1) is 11.3 Å². The minimum Gasteiger partial charge on any atom is -0.292 e. The van der Waals surface area contributed by atoms with E-state index >= 15 is 0 Å². The van der Waals surface area contributed by atoms with Crippen LogP contribution in [0.2, 0.25) is 0 Å². The van der Waals surface area contributed by atoms with E-state index in [4.69, 9.17) is 5.84 Å². The fourth-order valence-corrected chi connectivity index (χ4v) is 4.10. The Morgan fingerprint density at radius 2 is 2.14 bits per heavy atom. The Labute approximate surface area is 131 Å². The van der Waals surface area contributed by atoms with Crippen molar-refractivity contribution in [2.75, 3.05) is 5.43 Å². The number of nitrogen functional groups attached to an aromatic ring is 1. The number of hydrogen-bond acceptors (Lipinski definition) is 6. The van der Waals surface area contributed by atoms with Crippen molar-refractivity contribution in [1.29, 1.82) is 0 Å². The molecular formula is C15H16N4S2. The van der Waals surface area contributed by atoms with Crippen LogP contribution in [0.5, 0.6) is 0 Å². The summed E-state index contributed by atoms with van der Waals surface area (Å²) in [6, 6.07) is 10.6. The molecule has 0 aliphatic rings. The van der Waals surface area contributed by atoms with Crippen molar-refractivity contribution >= 4 is 39.3 Å². The van der Waals surface area contributed by atoms with Gasteiger partial charge in [0.25, 0.3) is 0 Å². The van der Waals surface area contributed by atoms with Crippen molar-refractivity contribution < 1.29 is 0 Å². The number of nitrogens with two attached hydrogens (primary N) is 1. The number of thiophene rings is 1. The molecule has 0 unspecified atom stereocenters. The van der Waals surface area contributed by atoms with Gasteiger partial charge in [0.1, 0.15) is 9.86 Å². The van der Waals surface area contributed by atoms with Gasteiger partial charge in [0.05, 0.1) is 0 Å². The molecule has 0 aliphatic heterocycles. The normalized spacial score (nSPS) is 11.0. The zero-order chi connectivity index (χ0) is 14.8. The van der Waals surface area contributed by atoms with Crippen LogP contribution in [0.1, 0.15) is 17.4 Å². The fraction of sp³-hybridized carbons (Fsp3) is 0.200. The molecule has 0 fully saturated rings. The van der Waals surface area contributed by atoms with Crippen molar-refractivity contribution in [1.82, 2.24) is 9.97 Å². The lowest BCUT2D eigenvalue weighted by Crippen LogP contribution is -2.10. The van der Waals surface area contributed by atoms with Crippen LogP contribution >= 0.6 is 23.1 Å². The van der Waals surface area contributed by atoms with Crippen molar-refractivity contribution in [3.63, 3.8) is 0 Å². The summed E-state index contributed by atoms with van der Waals surface area (Å²) >= 11 is 3.34. The first kappa shape index (κ1) is 14.3. The molecule has 0 aliphatic carbocycles. The van der Waals surface area contributed by atoms with Gasteiger partial charge in [-0.1, -0.05) is 36.4 Å². The predicted molar refractivity (Wildman–Crippen MR) is 89.9 cm³/mol. The first-order valence-electron chi connectivity index (χ1n) is 6.71. The maximum Gasteiger partial charge on any atom is 0.239 e. The molecule has 1 aromatic carbocycles. The van der Waals surface area contributed by atoms with Gasteiger partial charge in [-0.2, -0.15) is 0 Å². The second kappa shape index (κ2) is 6.01. The molecule has 0 saturated carbocycles. The second-order valence-corrected chi connectivity index (χ2v) is 6.88. The summed E-state index contributed by atoms with van der Waals surface area (Å²) in [5.41, 5.74) is 3.79. The van der Waals surface area contributed by atoms with Crippen LogP contribution in [0.4, 0.5) is 5.95 Å². The van der Waals surface area contributed by atoms with Crippen LogP contribution < -0.4 is 11.3 Å². The van der Waals surface area contributed by atoms with Gasteiger partial charge in [-0.25, -0.2) is 15.8 Å². The van der Waals surface area contributed by atoms with Gasteiger partial charge >= 0.3 is 0 Å². The monoisotopic (exact) mass is 316 g/mol. The Morgan fingerprint density at radius 1 is 1.29 bits per heavy atom. The Balaban J connectivity index is 2.09. The molecule has 21 heavy (non-hydrogen) atoms. The molecule has 6 heteroatoms. The van der Waals surface area contributed by atoms with Crippen molar-refractivity contribution in [2.45, 2.75) is 30.2 Å². The van der Waals surface area contributed by atoms with Crippen molar-refractivity contribution in [3.8, 4) is 0 Å². The Kier molecular flexibility index (Phi) is 4.10. The maximum atomic E-state index is 5.49. The van der Waals surface area contributed by atoms with Crippen LogP contribution in [0.15, 0.2) is 40.3 Å². The summed E-state index contributed by atoms with van der Waals surface area (Å²) < 4.78 is 0. The molecule has 4 nitrogen and oxygen atoms in total. The molecule has 0 saturated heterocycles. The average Bonchev–Trinajstić information content (AvgIpc) is 2.90. The van der Waals surface area contributed by atoms with Crippen LogP contribution in [0, 0.1) is 6.92 Å². The quantitative estimate of drug-likeness (QED) is 0.433. The number of aryl methyl sites for hydroxylation is 2. The van der Waals surface area contributed by atoms with Crippen LogP contribution in [-0.2, 0) is 6.42 Å². The van der Waals surface area contributed by atoms with E-state index < -0.39 is 0 Å². The smallest absolute Gasteiger partial charge is 0.239 e. The highest BCUT2D eigenvalue weighted by Gasteiger charge is 2.12.